The average molecular weight is 223 g/mol. The topological polar surface area (TPSA) is 68.5 Å². The van der Waals surface area contributed by atoms with Crippen molar-refractivity contribution in [2.75, 3.05) is 25.6 Å². The number of anilines is 1. The van der Waals surface area contributed by atoms with E-state index in [1.165, 1.54) is 4.90 Å². The summed E-state index contributed by atoms with van der Waals surface area (Å²) < 4.78 is 5.06. The minimum Gasteiger partial charge on any atom is -0.380 e. The number of aromatic nitrogens is 1. The lowest BCUT2D eigenvalue weighted by Crippen LogP contribution is -2.34. The zero-order valence-corrected chi connectivity index (χ0v) is 9.59. The molecule has 1 atom stereocenters. The summed E-state index contributed by atoms with van der Waals surface area (Å²) in [5.74, 6) is 0.565. The van der Waals surface area contributed by atoms with Crippen molar-refractivity contribution < 1.29 is 9.53 Å². The van der Waals surface area contributed by atoms with Crippen LogP contribution in [0.1, 0.15) is 6.42 Å². The second kappa shape index (κ2) is 6.19. The number of carbonyl (C=O) groups excluding carboxylic acids is 1. The molecule has 0 spiro atoms. The number of nitrogens with zero attached hydrogens (tertiary/aromatic N) is 2. The van der Waals surface area contributed by atoms with Crippen molar-refractivity contribution in [3.63, 3.8) is 0 Å². The maximum atomic E-state index is 11.8. The molecule has 2 N–H and O–H groups in total. The Labute approximate surface area is 95.2 Å². The van der Waals surface area contributed by atoms with E-state index in [-0.39, 0.29) is 18.4 Å². The summed E-state index contributed by atoms with van der Waals surface area (Å²) in [5.41, 5.74) is 5.46. The monoisotopic (exact) mass is 223 g/mol. The van der Waals surface area contributed by atoms with Crippen LogP contribution in [-0.4, -0.2) is 37.7 Å². The van der Waals surface area contributed by atoms with Crippen LogP contribution in [0.5, 0.6) is 0 Å². The highest BCUT2D eigenvalue weighted by atomic mass is 16.5. The summed E-state index contributed by atoms with van der Waals surface area (Å²) in [5, 5.41) is 0. The summed E-state index contributed by atoms with van der Waals surface area (Å²) in [6.07, 6.45) is 1.68. The van der Waals surface area contributed by atoms with Crippen LogP contribution in [0.4, 0.5) is 5.82 Å². The standard InChI is InChI=1S/C11H17N3O2/c1-14(10-5-3-4-6-13-10)11(15)7-9(8-12)16-2/h3-6,9H,7-8,12H2,1-2H3. The Morgan fingerprint density at radius 1 is 1.62 bits per heavy atom. The third-order valence-corrected chi connectivity index (χ3v) is 2.37. The van der Waals surface area contributed by atoms with Gasteiger partial charge >= 0.3 is 0 Å². The molecule has 1 aromatic rings. The van der Waals surface area contributed by atoms with Crippen LogP contribution in [0, 0.1) is 0 Å². The van der Waals surface area contributed by atoms with Gasteiger partial charge in [0.25, 0.3) is 0 Å². The lowest BCUT2D eigenvalue weighted by Gasteiger charge is -2.19. The minimum atomic E-state index is -0.237. The molecule has 0 saturated carbocycles. The smallest absolute Gasteiger partial charge is 0.230 e. The number of methoxy groups -OCH3 is 1. The molecule has 0 fully saturated rings. The predicted molar refractivity (Wildman–Crippen MR) is 62.1 cm³/mol. The van der Waals surface area contributed by atoms with Gasteiger partial charge in [-0.1, -0.05) is 6.07 Å². The number of carbonyl (C=O) groups is 1. The number of hydrogen-bond donors (Lipinski definition) is 1. The maximum absolute atomic E-state index is 11.8. The molecule has 1 rings (SSSR count). The normalized spacial score (nSPS) is 12.2. The first-order valence-corrected chi connectivity index (χ1v) is 5.09. The van der Waals surface area contributed by atoms with Gasteiger partial charge in [0, 0.05) is 26.9 Å². The number of rotatable bonds is 5. The molecule has 1 aromatic heterocycles. The third-order valence-electron chi connectivity index (χ3n) is 2.37. The van der Waals surface area contributed by atoms with Crippen LogP contribution in [0.2, 0.25) is 0 Å². The molecule has 0 saturated heterocycles. The lowest BCUT2D eigenvalue weighted by atomic mass is 10.2. The second-order valence-electron chi connectivity index (χ2n) is 3.44. The zero-order valence-electron chi connectivity index (χ0n) is 9.59. The summed E-state index contributed by atoms with van der Waals surface area (Å²) in [6, 6.07) is 5.42. The Morgan fingerprint density at radius 3 is 2.88 bits per heavy atom. The van der Waals surface area contributed by atoms with Crippen molar-refractivity contribution in [1.29, 1.82) is 0 Å². The van der Waals surface area contributed by atoms with Gasteiger partial charge in [0.15, 0.2) is 0 Å². The van der Waals surface area contributed by atoms with E-state index < -0.39 is 0 Å². The summed E-state index contributed by atoms with van der Waals surface area (Å²) in [4.78, 5) is 17.4. The molecular formula is C11H17N3O2. The molecule has 5 nitrogen and oxygen atoms in total. The quantitative estimate of drug-likeness (QED) is 0.785. The van der Waals surface area contributed by atoms with Crippen LogP contribution in [0.15, 0.2) is 24.4 Å². The van der Waals surface area contributed by atoms with Crippen molar-refractivity contribution in [2.45, 2.75) is 12.5 Å². The molecule has 1 heterocycles. The van der Waals surface area contributed by atoms with Crippen LogP contribution in [-0.2, 0) is 9.53 Å². The zero-order chi connectivity index (χ0) is 12.0. The SMILES string of the molecule is COC(CN)CC(=O)N(C)c1ccccn1. The van der Waals surface area contributed by atoms with Gasteiger partial charge < -0.3 is 10.5 Å². The molecule has 16 heavy (non-hydrogen) atoms. The van der Waals surface area contributed by atoms with Gasteiger partial charge in [-0.25, -0.2) is 4.98 Å². The fraction of sp³-hybridized carbons (Fsp3) is 0.455. The van der Waals surface area contributed by atoms with Crippen LogP contribution in [0.3, 0.4) is 0 Å². The number of ether oxygens (including phenoxy) is 1. The molecule has 0 aliphatic rings. The molecule has 0 aromatic carbocycles. The third kappa shape index (κ3) is 3.29. The van der Waals surface area contributed by atoms with Crippen molar-refractivity contribution in [3.05, 3.63) is 24.4 Å². The molecule has 88 valence electrons. The van der Waals surface area contributed by atoms with Crippen molar-refractivity contribution in [3.8, 4) is 0 Å². The molecule has 1 amide bonds. The Balaban J connectivity index is 2.61. The van der Waals surface area contributed by atoms with Gasteiger partial charge in [-0.2, -0.15) is 0 Å². The Kier molecular flexibility index (Phi) is 4.88. The highest BCUT2D eigenvalue weighted by Crippen LogP contribution is 2.09. The average Bonchev–Trinajstić information content (AvgIpc) is 2.35. The minimum absolute atomic E-state index is 0.0593. The van der Waals surface area contributed by atoms with E-state index in [0.29, 0.717) is 12.4 Å². The highest BCUT2D eigenvalue weighted by molar-refractivity contribution is 5.92. The molecule has 5 heteroatoms. The predicted octanol–water partition coefficient (Wildman–Crippen LogP) is 0.408. The largest absolute Gasteiger partial charge is 0.380 e. The number of nitrogens with two attached hydrogens (primary N) is 1. The number of amides is 1. The lowest BCUT2D eigenvalue weighted by molar-refractivity contribution is -0.120. The fourth-order valence-electron chi connectivity index (χ4n) is 1.27. The van der Waals surface area contributed by atoms with Crippen LogP contribution >= 0.6 is 0 Å². The maximum Gasteiger partial charge on any atom is 0.230 e. The highest BCUT2D eigenvalue weighted by Gasteiger charge is 2.16. The van der Waals surface area contributed by atoms with E-state index in [2.05, 4.69) is 4.98 Å². The van der Waals surface area contributed by atoms with Gasteiger partial charge in [0.05, 0.1) is 12.5 Å². The van der Waals surface area contributed by atoms with E-state index in [1.54, 1.807) is 32.5 Å². The first kappa shape index (κ1) is 12.6. The number of hydrogen-bond acceptors (Lipinski definition) is 4. The van der Waals surface area contributed by atoms with Gasteiger partial charge in [0.1, 0.15) is 5.82 Å². The first-order valence-electron chi connectivity index (χ1n) is 5.09. The van der Waals surface area contributed by atoms with Crippen molar-refractivity contribution >= 4 is 11.7 Å². The van der Waals surface area contributed by atoms with Crippen LogP contribution in [0.25, 0.3) is 0 Å². The van der Waals surface area contributed by atoms with Gasteiger partial charge in [-0.15, -0.1) is 0 Å². The molecule has 1 unspecified atom stereocenters. The van der Waals surface area contributed by atoms with Crippen LogP contribution < -0.4 is 10.6 Å². The van der Waals surface area contributed by atoms with Gasteiger partial charge in [0.2, 0.25) is 5.91 Å². The first-order chi connectivity index (χ1) is 7.69. The van der Waals surface area contributed by atoms with E-state index in [9.17, 15) is 4.79 Å². The Hall–Kier alpha value is -1.46. The molecule has 0 aliphatic heterocycles. The van der Waals surface area contributed by atoms with E-state index >= 15 is 0 Å². The van der Waals surface area contributed by atoms with Crippen molar-refractivity contribution in [1.82, 2.24) is 4.98 Å². The van der Waals surface area contributed by atoms with E-state index in [4.69, 9.17) is 10.5 Å². The Morgan fingerprint density at radius 2 is 2.38 bits per heavy atom. The van der Waals surface area contributed by atoms with E-state index in [0.717, 1.165) is 0 Å². The summed E-state index contributed by atoms with van der Waals surface area (Å²) in [7, 11) is 3.24. The molecule has 0 aliphatic carbocycles. The second-order valence-corrected chi connectivity index (χ2v) is 3.44. The Bertz CT molecular complexity index is 325. The molecule has 0 radical (unpaired) electrons. The fourth-order valence-corrected chi connectivity index (χ4v) is 1.27. The molecular weight excluding hydrogens is 206 g/mol. The summed E-state index contributed by atoms with van der Waals surface area (Å²) in [6.45, 7) is 0.332. The number of pyridine rings is 1. The van der Waals surface area contributed by atoms with E-state index in [1.807, 2.05) is 6.07 Å². The summed E-state index contributed by atoms with van der Waals surface area (Å²) >= 11 is 0. The van der Waals surface area contributed by atoms with Gasteiger partial charge in [-0.3, -0.25) is 9.69 Å². The van der Waals surface area contributed by atoms with Gasteiger partial charge in [-0.05, 0) is 12.1 Å². The van der Waals surface area contributed by atoms with Crippen molar-refractivity contribution in [2.24, 2.45) is 5.73 Å². The molecule has 0 bridgehead atoms.